The second kappa shape index (κ2) is 6.93. The summed E-state index contributed by atoms with van der Waals surface area (Å²) in [6, 6.07) is 15.9. The number of carbonyl (C=O) groups is 1. The van der Waals surface area contributed by atoms with E-state index in [4.69, 9.17) is 5.73 Å². The van der Waals surface area contributed by atoms with Crippen molar-refractivity contribution in [1.29, 1.82) is 0 Å². The molecule has 6 nitrogen and oxygen atoms in total. The fourth-order valence-corrected chi connectivity index (χ4v) is 3.99. The van der Waals surface area contributed by atoms with Crippen molar-refractivity contribution in [1.82, 2.24) is 20.4 Å². The van der Waals surface area contributed by atoms with Crippen LogP contribution in [0.1, 0.15) is 18.8 Å². The van der Waals surface area contributed by atoms with Gasteiger partial charge in [-0.15, -0.1) is 11.3 Å². The fourth-order valence-electron chi connectivity index (χ4n) is 3.31. The van der Waals surface area contributed by atoms with E-state index in [0.717, 1.165) is 16.1 Å². The van der Waals surface area contributed by atoms with Crippen LogP contribution in [-0.2, 0) is 11.2 Å². The zero-order valence-electron chi connectivity index (χ0n) is 14.4. The summed E-state index contributed by atoms with van der Waals surface area (Å²) in [4.78, 5) is 13.8. The molecule has 1 amide bonds. The third-order valence-electron chi connectivity index (χ3n) is 4.72. The van der Waals surface area contributed by atoms with Crippen LogP contribution in [0.3, 0.4) is 0 Å². The molecule has 3 unspecified atom stereocenters. The van der Waals surface area contributed by atoms with Crippen LogP contribution in [0.2, 0.25) is 0 Å². The van der Waals surface area contributed by atoms with Gasteiger partial charge >= 0.3 is 0 Å². The van der Waals surface area contributed by atoms with Crippen LogP contribution in [0.15, 0.2) is 53.9 Å². The number of carbonyl (C=O) groups excluding carboxylic acids is 1. The van der Waals surface area contributed by atoms with Crippen LogP contribution in [0.5, 0.6) is 0 Å². The van der Waals surface area contributed by atoms with Crippen molar-refractivity contribution < 1.29 is 4.79 Å². The summed E-state index contributed by atoms with van der Waals surface area (Å²) in [7, 11) is 0. The van der Waals surface area contributed by atoms with Crippen LogP contribution < -0.4 is 16.4 Å². The van der Waals surface area contributed by atoms with Crippen molar-refractivity contribution in [2.45, 2.75) is 25.7 Å². The lowest BCUT2D eigenvalue weighted by molar-refractivity contribution is -0.130. The van der Waals surface area contributed by atoms with Gasteiger partial charge in [-0.1, -0.05) is 36.4 Å². The van der Waals surface area contributed by atoms with Gasteiger partial charge in [0.05, 0.1) is 10.8 Å². The SMILES string of the molecule is CC1NC(n2nc(-c3cccs3)cc2N)NC(=O)C1Cc1ccccc1. The van der Waals surface area contributed by atoms with E-state index in [2.05, 4.69) is 15.7 Å². The van der Waals surface area contributed by atoms with E-state index in [1.54, 1.807) is 16.0 Å². The molecule has 3 atom stereocenters. The number of hydrogen-bond acceptors (Lipinski definition) is 5. The summed E-state index contributed by atoms with van der Waals surface area (Å²) < 4.78 is 1.64. The highest BCUT2D eigenvalue weighted by atomic mass is 32.1. The van der Waals surface area contributed by atoms with Crippen molar-refractivity contribution in [2.75, 3.05) is 5.73 Å². The normalized spacial score (nSPS) is 23.0. The smallest absolute Gasteiger partial charge is 0.227 e. The molecule has 1 aliphatic rings. The average molecular weight is 367 g/mol. The number of nitrogen functional groups attached to an aromatic ring is 1. The summed E-state index contributed by atoms with van der Waals surface area (Å²) in [5.74, 6) is 0.389. The maximum absolute atomic E-state index is 12.7. The molecule has 4 N–H and O–H groups in total. The molecule has 3 heterocycles. The number of nitrogens with two attached hydrogens (primary N) is 1. The van der Waals surface area contributed by atoms with E-state index in [1.807, 2.05) is 60.8 Å². The number of rotatable bonds is 4. The molecular formula is C19H21N5OS. The van der Waals surface area contributed by atoms with Crippen LogP contribution in [0, 0.1) is 5.92 Å². The molecular weight excluding hydrogens is 346 g/mol. The Bertz CT molecular complexity index is 890. The maximum Gasteiger partial charge on any atom is 0.227 e. The Labute approximate surface area is 156 Å². The number of thiophene rings is 1. The minimum Gasteiger partial charge on any atom is -0.384 e. The average Bonchev–Trinajstić information content (AvgIpc) is 3.28. The third kappa shape index (κ3) is 3.23. The van der Waals surface area contributed by atoms with E-state index in [9.17, 15) is 4.79 Å². The lowest BCUT2D eigenvalue weighted by atomic mass is 9.91. The molecule has 3 aromatic rings. The second-order valence-electron chi connectivity index (χ2n) is 6.54. The second-order valence-corrected chi connectivity index (χ2v) is 7.49. The van der Waals surface area contributed by atoms with E-state index >= 15 is 0 Å². The lowest BCUT2D eigenvalue weighted by Crippen LogP contribution is -2.58. The molecule has 0 radical (unpaired) electrons. The van der Waals surface area contributed by atoms with Crippen LogP contribution in [0.25, 0.3) is 10.6 Å². The zero-order chi connectivity index (χ0) is 18.1. The van der Waals surface area contributed by atoms with Crippen LogP contribution in [0.4, 0.5) is 5.82 Å². The number of amides is 1. The van der Waals surface area contributed by atoms with E-state index in [-0.39, 0.29) is 17.9 Å². The van der Waals surface area contributed by atoms with Gasteiger partial charge in [0.15, 0.2) is 6.29 Å². The number of benzene rings is 1. The molecule has 1 fully saturated rings. The van der Waals surface area contributed by atoms with Crippen molar-refractivity contribution >= 4 is 23.1 Å². The van der Waals surface area contributed by atoms with Gasteiger partial charge in [0.25, 0.3) is 0 Å². The van der Waals surface area contributed by atoms with Gasteiger partial charge in [-0.05, 0) is 30.4 Å². The zero-order valence-corrected chi connectivity index (χ0v) is 15.2. The van der Waals surface area contributed by atoms with E-state index in [1.165, 1.54) is 0 Å². The Morgan fingerprint density at radius 1 is 1.23 bits per heavy atom. The number of aromatic nitrogens is 2. The fraction of sp³-hybridized carbons (Fsp3) is 0.263. The first-order valence-electron chi connectivity index (χ1n) is 8.61. The highest BCUT2D eigenvalue weighted by Gasteiger charge is 2.35. The minimum atomic E-state index is -0.446. The summed E-state index contributed by atoms with van der Waals surface area (Å²) in [5, 5.41) is 13.0. The van der Waals surface area contributed by atoms with Gasteiger partial charge in [-0.3, -0.25) is 10.1 Å². The summed E-state index contributed by atoms with van der Waals surface area (Å²) >= 11 is 1.61. The molecule has 134 valence electrons. The van der Waals surface area contributed by atoms with Crippen molar-refractivity contribution in [3.8, 4) is 10.6 Å². The summed E-state index contributed by atoms with van der Waals surface area (Å²) in [6.07, 6.45) is 0.251. The molecule has 1 aliphatic heterocycles. The quantitative estimate of drug-likeness (QED) is 0.662. The van der Waals surface area contributed by atoms with Gasteiger partial charge in [0, 0.05) is 12.1 Å². The molecule has 1 saturated heterocycles. The Morgan fingerprint density at radius 2 is 2.04 bits per heavy atom. The Balaban J connectivity index is 1.52. The third-order valence-corrected chi connectivity index (χ3v) is 5.61. The van der Waals surface area contributed by atoms with Gasteiger partial charge in [-0.25, -0.2) is 4.68 Å². The molecule has 4 rings (SSSR count). The highest BCUT2D eigenvalue weighted by molar-refractivity contribution is 7.13. The van der Waals surface area contributed by atoms with Crippen molar-refractivity contribution in [3.05, 3.63) is 59.5 Å². The number of anilines is 1. The first-order valence-corrected chi connectivity index (χ1v) is 9.49. The van der Waals surface area contributed by atoms with Crippen LogP contribution >= 0.6 is 11.3 Å². The predicted octanol–water partition coefficient (Wildman–Crippen LogP) is 2.62. The standard InChI is InChI=1S/C19H21N5OS/c1-12-14(10-13-6-3-2-4-7-13)18(25)22-19(21-12)24-17(20)11-15(23-24)16-8-5-9-26-16/h2-9,11-12,14,19,21H,10,20H2,1H3,(H,22,25). The molecule has 7 heteroatoms. The Hall–Kier alpha value is -2.64. The summed E-state index contributed by atoms with van der Waals surface area (Å²) in [5.41, 5.74) is 8.11. The topological polar surface area (TPSA) is 85.0 Å². The Morgan fingerprint density at radius 3 is 2.73 bits per heavy atom. The monoisotopic (exact) mass is 367 g/mol. The minimum absolute atomic E-state index is 0.00254. The molecule has 2 aromatic heterocycles. The van der Waals surface area contributed by atoms with Crippen molar-refractivity contribution in [3.63, 3.8) is 0 Å². The molecule has 26 heavy (non-hydrogen) atoms. The van der Waals surface area contributed by atoms with E-state index in [0.29, 0.717) is 12.2 Å². The first kappa shape index (κ1) is 16.8. The number of hydrogen-bond donors (Lipinski definition) is 3. The van der Waals surface area contributed by atoms with Gasteiger partial charge in [-0.2, -0.15) is 5.10 Å². The van der Waals surface area contributed by atoms with Gasteiger partial charge in [0.1, 0.15) is 11.5 Å². The first-order chi connectivity index (χ1) is 12.6. The number of nitrogens with zero attached hydrogens (tertiary/aromatic N) is 2. The Kier molecular flexibility index (Phi) is 4.48. The largest absolute Gasteiger partial charge is 0.384 e. The molecule has 0 spiro atoms. The molecule has 1 aromatic carbocycles. The lowest BCUT2D eigenvalue weighted by Gasteiger charge is -2.36. The van der Waals surface area contributed by atoms with Crippen molar-refractivity contribution in [2.24, 2.45) is 5.92 Å². The molecule has 0 saturated carbocycles. The van der Waals surface area contributed by atoms with E-state index < -0.39 is 6.29 Å². The predicted molar refractivity (Wildman–Crippen MR) is 103 cm³/mol. The highest BCUT2D eigenvalue weighted by Crippen LogP contribution is 2.27. The maximum atomic E-state index is 12.7. The van der Waals surface area contributed by atoms with Gasteiger partial charge in [0.2, 0.25) is 5.91 Å². The molecule has 0 bridgehead atoms. The van der Waals surface area contributed by atoms with Gasteiger partial charge < -0.3 is 11.1 Å². The summed E-state index contributed by atoms with van der Waals surface area (Å²) in [6.45, 7) is 2.03. The number of nitrogens with one attached hydrogen (secondary N) is 2. The molecule has 0 aliphatic carbocycles. The van der Waals surface area contributed by atoms with Crippen LogP contribution in [-0.4, -0.2) is 21.7 Å².